The maximum absolute atomic E-state index is 13.6. The van der Waals surface area contributed by atoms with Crippen LogP contribution < -0.4 is 15.4 Å². The molecule has 0 bridgehead atoms. The lowest BCUT2D eigenvalue weighted by Crippen LogP contribution is -2.49. The van der Waals surface area contributed by atoms with Crippen LogP contribution in [0.3, 0.4) is 0 Å². The van der Waals surface area contributed by atoms with Gasteiger partial charge in [-0.3, -0.25) is 14.5 Å². The minimum absolute atomic E-state index is 0.00141. The van der Waals surface area contributed by atoms with Gasteiger partial charge in [0.25, 0.3) is 5.91 Å². The molecule has 1 aliphatic heterocycles. The highest BCUT2D eigenvalue weighted by atomic mass is 19.3. The molecule has 1 aliphatic rings. The molecule has 0 aromatic heterocycles. The van der Waals surface area contributed by atoms with Crippen molar-refractivity contribution >= 4 is 11.8 Å². The van der Waals surface area contributed by atoms with Crippen molar-refractivity contribution in [1.29, 1.82) is 0 Å². The summed E-state index contributed by atoms with van der Waals surface area (Å²) >= 11 is 0. The smallest absolute Gasteiger partial charge is 0.387 e. The maximum atomic E-state index is 13.6. The quantitative estimate of drug-likeness (QED) is 0.633. The summed E-state index contributed by atoms with van der Waals surface area (Å²) in [5.74, 6) is -1.53. The van der Waals surface area contributed by atoms with Crippen LogP contribution in [0.15, 0.2) is 18.2 Å². The van der Waals surface area contributed by atoms with Crippen LogP contribution in [0.5, 0.6) is 5.75 Å². The summed E-state index contributed by atoms with van der Waals surface area (Å²) in [6.45, 7) is 5.13. The van der Waals surface area contributed by atoms with Gasteiger partial charge in [-0.15, -0.1) is 0 Å². The summed E-state index contributed by atoms with van der Waals surface area (Å²) in [6, 6.07) is 2.87. The van der Waals surface area contributed by atoms with Gasteiger partial charge in [0, 0.05) is 23.7 Å². The number of hydrogen-bond donors (Lipinski definition) is 2. The van der Waals surface area contributed by atoms with Crippen LogP contribution in [0.2, 0.25) is 0 Å². The van der Waals surface area contributed by atoms with E-state index in [0.29, 0.717) is 13.1 Å². The Labute approximate surface area is 175 Å². The second kappa shape index (κ2) is 10.7. The highest BCUT2D eigenvalue weighted by Crippen LogP contribution is 2.20. The van der Waals surface area contributed by atoms with Crippen molar-refractivity contribution in [3.8, 4) is 5.75 Å². The number of carbonyl (C=O) groups is 2. The number of amides is 2. The molecule has 9 heteroatoms. The van der Waals surface area contributed by atoms with Crippen molar-refractivity contribution < 1.29 is 27.5 Å². The Kier molecular flexibility index (Phi) is 8.52. The van der Waals surface area contributed by atoms with Crippen molar-refractivity contribution in [1.82, 2.24) is 15.5 Å². The molecule has 2 rings (SSSR count). The molecule has 1 aromatic rings. The van der Waals surface area contributed by atoms with Crippen molar-refractivity contribution in [2.24, 2.45) is 5.92 Å². The number of piperidine rings is 1. The Hall–Kier alpha value is -2.29. The molecule has 0 atom stereocenters. The van der Waals surface area contributed by atoms with Crippen LogP contribution in [0.4, 0.5) is 13.2 Å². The van der Waals surface area contributed by atoms with Crippen LogP contribution in [0.1, 0.15) is 50.4 Å². The largest absolute Gasteiger partial charge is 0.435 e. The lowest BCUT2D eigenvalue weighted by atomic mass is 9.96. The number of halogens is 3. The monoisotopic (exact) mass is 429 g/mol. The summed E-state index contributed by atoms with van der Waals surface area (Å²) in [7, 11) is 0. The van der Waals surface area contributed by atoms with Crippen LogP contribution >= 0.6 is 0 Å². The number of hydrogen-bond acceptors (Lipinski definition) is 4. The Balaban J connectivity index is 1.77. The van der Waals surface area contributed by atoms with E-state index in [1.165, 1.54) is 0 Å². The fourth-order valence-electron chi connectivity index (χ4n) is 3.26. The highest BCUT2D eigenvalue weighted by molar-refractivity contribution is 5.94. The zero-order chi connectivity index (χ0) is 22.3. The summed E-state index contributed by atoms with van der Waals surface area (Å²) in [5.41, 5.74) is -0.296. The number of benzene rings is 1. The molecule has 0 aliphatic carbocycles. The number of ether oxygens (including phenoxy) is 1. The zero-order valence-corrected chi connectivity index (χ0v) is 17.6. The van der Waals surface area contributed by atoms with E-state index in [9.17, 15) is 22.8 Å². The predicted octanol–water partition coefficient (Wildman–Crippen LogP) is 3.17. The van der Waals surface area contributed by atoms with Gasteiger partial charge in [-0.25, -0.2) is 4.39 Å². The normalized spacial score (nSPS) is 15.8. The number of nitrogens with one attached hydrogen (secondary N) is 2. The molecule has 0 saturated carbocycles. The first-order valence-electron chi connectivity index (χ1n) is 10.1. The second-order valence-electron chi connectivity index (χ2n) is 8.27. The molecule has 30 heavy (non-hydrogen) atoms. The van der Waals surface area contributed by atoms with E-state index < -0.39 is 24.1 Å². The van der Waals surface area contributed by atoms with Gasteiger partial charge in [0.15, 0.2) is 0 Å². The minimum atomic E-state index is -3.09. The first-order chi connectivity index (χ1) is 14.1. The molecule has 1 aromatic carbocycles. The van der Waals surface area contributed by atoms with Crippen LogP contribution in [0.25, 0.3) is 0 Å². The topological polar surface area (TPSA) is 70.7 Å². The first-order valence-corrected chi connectivity index (χ1v) is 10.1. The van der Waals surface area contributed by atoms with Crippen LogP contribution in [0, 0.1) is 11.7 Å². The third-order valence-electron chi connectivity index (χ3n) is 5.35. The molecule has 6 nitrogen and oxygen atoms in total. The van der Waals surface area contributed by atoms with Gasteiger partial charge in [0.2, 0.25) is 5.91 Å². The van der Waals surface area contributed by atoms with Crippen molar-refractivity contribution in [2.45, 2.75) is 52.2 Å². The summed E-state index contributed by atoms with van der Waals surface area (Å²) in [5, 5.41) is 5.74. The standard InChI is InChI=1S/C21H30F3N3O3/c1-4-21(2,3)26-18(28)13-27-7-5-14(6-8-27)12-25-19(29)15-9-16(22)11-17(10-15)30-20(23)24/h9-11,14,20H,4-8,12-13H2,1-3H3,(H,25,29)(H,26,28). The van der Waals surface area contributed by atoms with Gasteiger partial charge >= 0.3 is 6.61 Å². The molecule has 1 saturated heterocycles. The van der Waals surface area contributed by atoms with Gasteiger partial charge in [-0.05, 0) is 64.3 Å². The van der Waals surface area contributed by atoms with Gasteiger partial charge in [0.1, 0.15) is 11.6 Å². The van der Waals surface area contributed by atoms with Crippen LogP contribution in [-0.2, 0) is 4.79 Å². The van der Waals surface area contributed by atoms with Gasteiger partial charge in [-0.1, -0.05) is 6.92 Å². The van der Waals surface area contributed by atoms with E-state index in [2.05, 4.69) is 20.3 Å². The van der Waals surface area contributed by atoms with Gasteiger partial charge in [0.05, 0.1) is 6.54 Å². The average molecular weight is 429 g/mol. The lowest BCUT2D eigenvalue weighted by molar-refractivity contribution is -0.124. The van der Waals surface area contributed by atoms with Crippen molar-refractivity contribution in [3.05, 3.63) is 29.6 Å². The second-order valence-corrected chi connectivity index (χ2v) is 8.27. The van der Waals surface area contributed by atoms with E-state index in [-0.39, 0.29) is 22.9 Å². The summed E-state index contributed by atoms with van der Waals surface area (Å²) < 4.78 is 42.4. The Bertz CT molecular complexity index is 735. The molecule has 1 fully saturated rings. The van der Waals surface area contributed by atoms with E-state index >= 15 is 0 Å². The molecular weight excluding hydrogens is 399 g/mol. The fraction of sp³-hybridized carbons (Fsp3) is 0.619. The SMILES string of the molecule is CCC(C)(C)NC(=O)CN1CCC(CNC(=O)c2cc(F)cc(OC(F)F)c2)CC1. The zero-order valence-electron chi connectivity index (χ0n) is 17.6. The lowest BCUT2D eigenvalue weighted by Gasteiger charge is -2.33. The van der Waals surface area contributed by atoms with Crippen molar-refractivity contribution in [2.75, 3.05) is 26.2 Å². The average Bonchev–Trinajstić information content (AvgIpc) is 2.65. The fourth-order valence-corrected chi connectivity index (χ4v) is 3.26. The minimum Gasteiger partial charge on any atom is -0.435 e. The third kappa shape index (κ3) is 7.85. The Morgan fingerprint density at radius 2 is 1.90 bits per heavy atom. The maximum Gasteiger partial charge on any atom is 0.387 e. The Morgan fingerprint density at radius 1 is 1.23 bits per heavy atom. The van der Waals surface area contributed by atoms with E-state index in [1.54, 1.807) is 0 Å². The molecule has 0 spiro atoms. The van der Waals surface area contributed by atoms with Crippen LogP contribution in [-0.4, -0.2) is 55.0 Å². The Morgan fingerprint density at radius 3 is 2.50 bits per heavy atom. The highest BCUT2D eigenvalue weighted by Gasteiger charge is 2.24. The molecule has 168 valence electrons. The summed E-state index contributed by atoms with van der Waals surface area (Å²) in [4.78, 5) is 26.5. The van der Waals surface area contributed by atoms with Gasteiger partial charge < -0.3 is 15.4 Å². The summed E-state index contributed by atoms with van der Waals surface area (Å²) in [6.07, 6.45) is 2.48. The molecule has 1 heterocycles. The number of rotatable bonds is 9. The number of carbonyl (C=O) groups excluding carboxylic acids is 2. The molecule has 0 unspecified atom stereocenters. The van der Waals surface area contributed by atoms with Gasteiger partial charge in [-0.2, -0.15) is 8.78 Å². The third-order valence-corrected chi connectivity index (χ3v) is 5.35. The predicted molar refractivity (Wildman–Crippen MR) is 107 cm³/mol. The number of alkyl halides is 2. The molecule has 0 radical (unpaired) electrons. The number of likely N-dealkylation sites (tertiary alicyclic amines) is 1. The van der Waals surface area contributed by atoms with E-state index in [4.69, 9.17) is 0 Å². The van der Waals surface area contributed by atoms with E-state index in [1.807, 2.05) is 20.8 Å². The molecule has 2 amide bonds. The van der Waals surface area contributed by atoms with E-state index in [0.717, 1.165) is 50.6 Å². The van der Waals surface area contributed by atoms with Crippen molar-refractivity contribution in [3.63, 3.8) is 0 Å². The molecular formula is C21H30F3N3O3. The first kappa shape index (κ1) is 24.0. The molecule has 2 N–H and O–H groups in total. The number of nitrogens with zero attached hydrogens (tertiary/aromatic N) is 1.